The number of anilines is 1. The molecule has 1 aliphatic heterocycles. The van der Waals surface area contributed by atoms with E-state index in [2.05, 4.69) is 15.2 Å². The van der Waals surface area contributed by atoms with Gasteiger partial charge in [0.1, 0.15) is 0 Å². The van der Waals surface area contributed by atoms with E-state index in [-0.39, 0.29) is 17.3 Å². The molecule has 0 spiro atoms. The SMILES string of the molecule is CC(=O)N1CCN(Cc2ccccc2C(=O)Nc2cc(-n3cnc(C)c3)cc(C(F)(F)F)c2)CC1. The molecule has 10 heteroatoms. The van der Waals surface area contributed by atoms with Crippen molar-refractivity contribution < 1.29 is 22.8 Å². The Bertz CT molecular complexity index is 1230. The van der Waals surface area contributed by atoms with Gasteiger partial charge in [0, 0.05) is 62.8 Å². The van der Waals surface area contributed by atoms with Crippen LogP contribution in [0.2, 0.25) is 0 Å². The van der Waals surface area contributed by atoms with Gasteiger partial charge < -0.3 is 14.8 Å². The minimum Gasteiger partial charge on any atom is -0.340 e. The van der Waals surface area contributed by atoms with Crippen molar-refractivity contribution >= 4 is 17.5 Å². The highest BCUT2D eigenvalue weighted by Gasteiger charge is 2.32. The molecule has 0 bridgehead atoms. The first kappa shape index (κ1) is 24.5. The third kappa shape index (κ3) is 5.89. The average Bonchev–Trinajstić information content (AvgIpc) is 3.25. The second-order valence-corrected chi connectivity index (χ2v) is 8.58. The molecule has 1 saturated heterocycles. The Morgan fingerprint density at radius 3 is 2.40 bits per heavy atom. The fourth-order valence-corrected chi connectivity index (χ4v) is 4.10. The van der Waals surface area contributed by atoms with E-state index >= 15 is 0 Å². The predicted octanol–water partition coefficient (Wildman–Crippen LogP) is 4.12. The lowest BCUT2D eigenvalue weighted by atomic mass is 10.1. The second kappa shape index (κ2) is 9.91. The smallest absolute Gasteiger partial charge is 0.340 e. The lowest BCUT2D eigenvalue weighted by Gasteiger charge is -2.34. The molecule has 1 N–H and O–H groups in total. The molecular formula is C25H26F3N5O2. The molecule has 0 unspecified atom stereocenters. The quantitative estimate of drug-likeness (QED) is 0.591. The number of nitrogens with one attached hydrogen (secondary N) is 1. The first-order valence-electron chi connectivity index (χ1n) is 11.2. The van der Waals surface area contributed by atoms with Gasteiger partial charge in [0.15, 0.2) is 0 Å². The van der Waals surface area contributed by atoms with Crippen molar-refractivity contribution in [2.45, 2.75) is 26.6 Å². The molecule has 35 heavy (non-hydrogen) atoms. The van der Waals surface area contributed by atoms with E-state index in [4.69, 9.17) is 0 Å². The standard InChI is InChI=1S/C25H26F3N5O2/c1-17-14-33(16-29-17)22-12-20(25(26,27)28)11-21(13-22)30-24(35)23-6-4-3-5-19(23)15-31-7-9-32(10-8-31)18(2)34/h3-6,11-14,16H,7-10,15H2,1-2H3,(H,30,35). The van der Waals surface area contributed by atoms with E-state index in [1.165, 1.54) is 17.0 Å². The molecule has 4 rings (SSSR count). The largest absolute Gasteiger partial charge is 0.416 e. The van der Waals surface area contributed by atoms with Gasteiger partial charge in [0.05, 0.1) is 17.6 Å². The van der Waals surface area contributed by atoms with E-state index in [9.17, 15) is 22.8 Å². The summed E-state index contributed by atoms with van der Waals surface area (Å²) in [5.41, 5.74) is 1.22. The Morgan fingerprint density at radius 2 is 1.77 bits per heavy atom. The van der Waals surface area contributed by atoms with E-state index in [1.54, 1.807) is 37.1 Å². The first-order chi connectivity index (χ1) is 16.6. The van der Waals surface area contributed by atoms with Gasteiger partial charge in [-0.3, -0.25) is 14.5 Å². The molecule has 1 fully saturated rings. The molecule has 2 amide bonds. The van der Waals surface area contributed by atoms with Crippen molar-refractivity contribution in [3.63, 3.8) is 0 Å². The van der Waals surface area contributed by atoms with Crippen LogP contribution in [0, 0.1) is 6.92 Å². The number of hydrogen-bond acceptors (Lipinski definition) is 4. The van der Waals surface area contributed by atoms with Crippen LogP contribution in [0.3, 0.4) is 0 Å². The third-order valence-electron chi connectivity index (χ3n) is 5.99. The molecule has 1 aromatic heterocycles. The maximum atomic E-state index is 13.6. The van der Waals surface area contributed by atoms with Crippen LogP contribution in [-0.4, -0.2) is 57.3 Å². The third-order valence-corrected chi connectivity index (χ3v) is 5.99. The summed E-state index contributed by atoms with van der Waals surface area (Å²) in [5.74, 6) is -0.453. The maximum absolute atomic E-state index is 13.6. The molecule has 2 heterocycles. The molecule has 2 aromatic carbocycles. The first-order valence-corrected chi connectivity index (χ1v) is 11.2. The fourth-order valence-electron chi connectivity index (χ4n) is 4.10. The minimum atomic E-state index is -4.58. The van der Waals surface area contributed by atoms with Gasteiger partial charge in [-0.15, -0.1) is 0 Å². The molecule has 7 nitrogen and oxygen atoms in total. The highest BCUT2D eigenvalue weighted by Crippen LogP contribution is 2.33. The van der Waals surface area contributed by atoms with Gasteiger partial charge in [0.25, 0.3) is 5.91 Å². The van der Waals surface area contributed by atoms with Gasteiger partial charge in [-0.1, -0.05) is 18.2 Å². The molecule has 0 aliphatic carbocycles. The molecule has 0 saturated carbocycles. The number of benzene rings is 2. The van der Waals surface area contributed by atoms with Crippen LogP contribution in [0.1, 0.15) is 34.1 Å². The number of carbonyl (C=O) groups excluding carboxylic acids is 2. The average molecular weight is 486 g/mol. The summed E-state index contributed by atoms with van der Waals surface area (Å²) in [4.78, 5) is 32.7. The van der Waals surface area contributed by atoms with Crippen LogP contribution < -0.4 is 5.32 Å². The zero-order chi connectivity index (χ0) is 25.2. The summed E-state index contributed by atoms with van der Waals surface area (Å²) in [5, 5.41) is 2.64. The van der Waals surface area contributed by atoms with Crippen molar-refractivity contribution in [3.8, 4) is 5.69 Å². The molecular weight excluding hydrogens is 459 g/mol. The zero-order valence-corrected chi connectivity index (χ0v) is 19.5. The predicted molar refractivity (Wildman–Crippen MR) is 125 cm³/mol. The molecule has 184 valence electrons. The number of aryl methyl sites for hydroxylation is 1. The normalized spacial score (nSPS) is 14.7. The monoisotopic (exact) mass is 485 g/mol. The number of nitrogens with zero attached hydrogens (tertiary/aromatic N) is 4. The summed E-state index contributed by atoms with van der Waals surface area (Å²) in [6.45, 7) is 6.37. The highest BCUT2D eigenvalue weighted by atomic mass is 19.4. The van der Waals surface area contributed by atoms with Crippen LogP contribution in [0.5, 0.6) is 0 Å². The van der Waals surface area contributed by atoms with Crippen LogP contribution in [0.15, 0.2) is 55.0 Å². The Kier molecular flexibility index (Phi) is 6.93. The molecule has 1 aliphatic rings. The minimum absolute atomic E-state index is 0.0377. The van der Waals surface area contributed by atoms with E-state index in [0.717, 1.165) is 17.7 Å². The molecule has 0 atom stereocenters. The molecule has 3 aromatic rings. The number of carbonyl (C=O) groups is 2. The summed E-state index contributed by atoms with van der Waals surface area (Å²) >= 11 is 0. The Hall–Kier alpha value is -3.66. The molecule has 0 radical (unpaired) electrons. The van der Waals surface area contributed by atoms with Crippen LogP contribution >= 0.6 is 0 Å². The van der Waals surface area contributed by atoms with Crippen LogP contribution in [0.25, 0.3) is 5.69 Å². The number of alkyl halides is 3. The lowest BCUT2D eigenvalue weighted by Crippen LogP contribution is -2.47. The Labute approximate surface area is 201 Å². The fraction of sp³-hybridized carbons (Fsp3) is 0.320. The Morgan fingerprint density at radius 1 is 1.06 bits per heavy atom. The highest BCUT2D eigenvalue weighted by molar-refractivity contribution is 6.05. The Balaban J connectivity index is 1.56. The van der Waals surface area contributed by atoms with Crippen molar-refractivity contribution in [1.82, 2.24) is 19.4 Å². The second-order valence-electron chi connectivity index (χ2n) is 8.58. The lowest BCUT2D eigenvalue weighted by molar-refractivity contribution is -0.137. The number of hydrogen-bond donors (Lipinski definition) is 1. The van der Waals surface area contributed by atoms with Crippen molar-refractivity contribution in [3.05, 3.63) is 77.4 Å². The van der Waals surface area contributed by atoms with E-state index in [0.29, 0.717) is 44.0 Å². The van der Waals surface area contributed by atoms with Crippen molar-refractivity contribution in [2.75, 3.05) is 31.5 Å². The van der Waals surface area contributed by atoms with Crippen LogP contribution in [0.4, 0.5) is 18.9 Å². The van der Waals surface area contributed by atoms with E-state index in [1.807, 2.05) is 12.1 Å². The summed E-state index contributed by atoms with van der Waals surface area (Å²) < 4.78 is 42.2. The summed E-state index contributed by atoms with van der Waals surface area (Å²) in [6, 6.07) is 10.5. The maximum Gasteiger partial charge on any atom is 0.416 e. The van der Waals surface area contributed by atoms with Crippen molar-refractivity contribution in [2.24, 2.45) is 0 Å². The zero-order valence-electron chi connectivity index (χ0n) is 19.5. The van der Waals surface area contributed by atoms with Crippen LogP contribution in [-0.2, 0) is 17.5 Å². The number of halogens is 3. The number of imidazole rings is 1. The van der Waals surface area contributed by atoms with Gasteiger partial charge in [-0.25, -0.2) is 4.98 Å². The van der Waals surface area contributed by atoms with Gasteiger partial charge >= 0.3 is 6.18 Å². The van der Waals surface area contributed by atoms with Crippen molar-refractivity contribution in [1.29, 1.82) is 0 Å². The van der Waals surface area contributed by atoms with E-state index < -0.39 is 17.6 Å². The number of rotatable bonds is 5. The number of piperazine rings is 1. The van der Waals surface area contributed by atoms with Gasteiger partial charge in [0.2, 0.25) is 5.91 Å². The van der Waals surface area contributed by atoms with Gasteiger partial charge in [-0.2, -0.15) is 13.2 Å². The number of aromatic nitrogens is 2. The summed E-state index contributed by atoms with van der Waals surface area (Å²) in [6.07, 6.45) is -1.54. The topological polar surface area (TPSA) is 70.5 Å². The number of amides is 2. The van der Waals surface area contributed by atoms with Gasteiger partial charge in [-0.05, 0) is 36.8 Å². The summed E-state index contributed by atoms with van der Waals surface area (Å²) in [7, 11) is 0.